The molecular weight excluding hydrogens is 373 g/mol. The van der Waals surface area contributed by atoms with Crippen molar-refractivity contribution in [3.8, 4) is 17.2 Å². The van der Waals surface area contributed by atoms with Gasteiger partial charge >= 0.3 is 0 Å². The first-order valence-electron chi connectivity index (χ1n) is 9.18. The van der Waals surface area contributed by atoms with Crippen LogP contribution in [0.25, 0.3) is 0 Å². The van der Waals surface area contributed by atoms with Gasteiger partial charge in [0.1, 0.15) is 18.2 Å². The van der Waals surface area contributed by atoms with Gasteiger partial charge in [0.05, 0.1) is 13.7 Å². The van der Waals surface area contributed by atoms with Crippen LogP contribution >= 0.6 is 0 Å². The second kappa shape index (κ2) is 9.59. The van der Waals surface area contributed by atoms with E-state index in [0.717, 1.165) is 5.56 Å². The van der Waals surface area contributed by atoms with Crippen molar-refractivity contribution in [3.63, 3.8) is 0 Å². The Labute approximate surface area is 169 Å². The van der Waals surface area contributed by atoms with Crippen molar-refractivity contribution in [2.24, 2.45) is 0 Å². The van der Waals surface area contributed by atoms with Gasteiger partial charge in [0.25, 0.3) is 5.91 Å². The molecule has 0 fully saturated rings. The number of hydrogen-bond donors (Lipinski definition) is 1. The van der Waals surface area contributed by atoms with Crippen LogP contribution in [0.1, 0.15) is 22.8 Å². The average Bonchev–Trinajstić information content (AvgIpc) is 2.74. The molecule has 150 valence electrons. The molecule has 3 rings (SSSR count). The third kappa shape index (κ3) is 5.48. The van der Waals surface area contributed by atoms with Crippen molar-refractivity contribution in [1.29, 1.82) is 0 Å². The van der Waals surface area contributed by atoms with Crippen molar-refractivity contribution in [2.75, 3.05) is 19.0 Å². The third-order valence-corrected chi connectivity index (χ3v) is 4.14. The van der Waals surface area contributed by atoms with Crippen LogP contribution < -0.4 is 19.5 Å². The van der Waals surface area contributed by atoms with Crippen LogP contribution in [0.15, 0.2) is 66.7 Å². The Bertz CT molecular complexity index is 973. The topological polar surface area (TPSA) is 56.8 Å². The summed E-state index contributed by atoms with van der Waals surface area (Å²) >= 11 is 0. The number of halogens is 1. The van der Waals surface area contributed by atoms with Crippen LogP contribution in [0.2, 0.25) is 0 Å². The molecule has 0 aliphatic carbocycles. The van der Waals surface area contributed by atoms with Gasteiger partial charge < -0.3 is 19.5 Å². The van der Waals surface area contributed by atoms with Crippen molar-refractivity contribution in [1.82, 2.24) is 0 Å². The number of carbonyl (C=O) groups excluding carboxylic acids is 1. The summed E-state index contributed by atoms with van der Waals surface area (Å²) in [4.78, 5) is 12.6. The largest absolute Gasteiger partial charge is 0.493 e. The summed E-state index contributed by atoms with van der Waals surface area (Å²) in [7, 11) is 1.53. The number of amides is 1. The average molecular weight is 395 g/mol. The van der Waals surface area contributed by atoms with E-state index in [0.29, 0.717) is 41.7 Å². The van der Waals surface area contributed by atoms with E-state index in [9.17, 15) is 9.18 Å². The number of hydrogen-bond acceptors (Lipinski definition) is 4. The highest BCUT2D eigenvalue weighted by Crippen LogP contribution is 2.28. The predicted molar refractivity (Wildman–Crippen MR) is 109 cm³/mol. The smallest absolute Gasteiger partial charge is 0.255 e. The molecule has 0 bridgehead atoms. The van der Waals surface area contributed by atoms with Gasteiger partial charge in [0, 0.05) is 17.3 Å². The molecule has 5 nitrogen and oxygen atoms in total. The van der Waals surface area contributed by atoms with Gasteiger partial charge in [-0.3, -0.25) is 4.79 Å². The molecule has 0 aliphatic rings. The molecule has 0 atom stereocenters. The Morgan fingerprint density at radius 3 is 2.48 bits per heavy atom. The Balaban J connectivity index is 1.66. The predicted octanol–water partition coefficient (Wildman–Crippen LogP) is 5.06. The van der Waals surface area contributed by atoms with Gasteiger partial charge in [-0.05, 0) is 55.0 Å². The number of ether oxygens (including phenoxy) is 3. The van der Waals surface area contributed by atoms with Crippen LogP contribution in [0, 0.1) is 5.82 Å². The first kappa shape index (κ1) is 20.2. The molecule has 0 saturated carbocycles. The molecule has 1 N–H and O–H groups in total. The summed E-state index contributed by atoms with van der Waals surface area (Å²) in [6.07, 6.45) is 0. The van der Waals surface area contributed by atoms with Crippen LogP contribution in [-0.4, -0.2) is 19.6 Å². The lowest BCUT2D eigenvalue weighted by atomic mass is 10.1. The first-order valence-corrected chi connectivity index (χ1v) is 9.18. The molecule has 0 aliphatic heterocycles. The van der Waals surface area contributed by atoms with E-state index in [2.05, 4.69) is 5.32 Å². The number of benzene rings is 3. The lowest BCUT2D eigenvalue weighted by Crippen LogP contribution is -2.12. The standard InChI is InChI=1S/C23H22FNO4/c1-3-28-21-12-9-17(13-22(21)27-2)23(26)25-19-5-4-6-20(14-19)29-15-16-7-10-18(24)11-8-16/h4-14H,3,15H2,1-2H3,(H,25,26). The fraction of sp³-hybridized carbons (Fsp3) is 0.174. The summed E-state index contributed by atoms with van der Waals surface area (Å²) in [6.45, 7) is 2.69. The van der Waals surface area contributed by atoms with Crippen LogP contribution in [0.4, 0.5) is 10.1 Å². The zero-order chi connectivity index (χ0) is 20.6. The van der Waals surface area contributed by atoms with E-state index in [1.807, 2.05) is 6.92 Å². The van der Waals surface area contributed by atoms with Gasteiger partial charge in [-0.1, -0.05) is 18.2 Å². The number of methoxy groups -OCH3 is 1. The van der Waals surface area contributed by atoms with E-state index in [-0.39, 0.29) is 11.7 Å². The maximum atomic E-state index is 13.0. The summed E-state index contributed by atoms with van der Waals surface area (Å²) in [5.74, 6) is 1.11. The SMILES string of the molecule is CCOc1ccc(C(=O)Nc2cccc(OCc3ccc(F)cc3)c2)cc1OC. The molecule has 0 heterocycles. The number of rotatable bonds is 8. The Morgan fingerprint density at radius 2 is 1.76 bits per heavy atom. The molecule has 29 heavy (non-hydrogen) atoms. The summed E-state index contributed by atoms with van der Waals surface area (Å²) in [5.41, 5.74) is 1.89. The van der Waals surface area contributed by atoms with E-state index in [1.165, 1.54) is 19.2 Å². The number of nitrogens with one attached hydrogen (secondary N) is 1. The highest BCUT2D eigenvalue weighted by atomic mass is 19.1. The van der Waals surface area contributed by atoms with Gasteiger partial charge in [-0.15, -0.1) is 0 Å². The van der Waals surface area contributed by atoms with E-state index >= 15 is 0 Å². The molecule has 0 unspecified atom stereocenters. The quantitative estimate of drug-likeness (QED) is 0.579. The molecule has 0 saturated heterocycles. The minimum absolute atomic E-state index is 0.276. The lowest BCUT2D eigenvalue weighted by Gasteiger charge is -2.12. The maximum Gasteiger partial charge on any atom is 0.255 e. The Kier molecular flexibility index (Phi) is 6.68. The molecule has 6 heteroatoms. The molecule has 3 aromatic carbocycles. The van der Waals surface area contributed by atoms with Crippen LogP contribution in [0.5, 0.6) is 17.2 Å². The van der Waals surface area contributed by atoms with Crippen molar-refractivity contribution < 1.29 is 23.4 Å². The monoisotopic (exact) mass is 395 g/mol. The fourth-order valence-electron chi connectivity index (χ4n) is 2.70. The number of anilines is 1. The van der Waals surface area contributed by atoms with Crippen LogP contribution in [-0.2, 0) is 6.61 Å². The molecular formula is C23H22FNO4. The van der Waals surface area contributed by atoms with Gasteiger partial charge in [0.2, 0.25) is 0 Å². The Hall–Kier alpha value is -3.54. The van der Waals surface area contributed by atoms with Gasteiger partial charge in [-0.25, -0.2) is 4.39 Å². The normalized spacial score (nSPS) is 10.3. The summed E-state index contributed by atoms with van der Waals surface area (Å²) in [5, 5.41) is 2.84. The zero-order valence-electron chi connectivity index (χ0n) is 16.3. The first-order chi connectivity index (χ1) is 14.1. The molecule has 3 aromatic rings. The fourth-order valence-corrected chi connectivity index (χ4v) is 2.70. The van der Waals surface area contributed by atoms with Crippen molar-refractivity contribution >= 4 is 11.6 Å². The van der Waals surface area contributed by atoms with E-state index in [1.54, 1.807) is 54.6 Å². The van der Waals surface area contributed by atoms with Gasteiger partial charge in [0.15, 0.2) is 11.5 Å². The third-order valence-electron chi connectivity index (χ3n) is 4.14. The molecule has 0 radical (unpaired) electrons. The lowest BCUT2D eigenvalue weighted by molar-refractivity contribution is 0.102. The molecule has 1 amide bonds. The number of carbonyl (C=O) groups is 1. The summed E-state index contributed by atoms with van der Waals surface area (Å²) < 4.78 is 29.5. The highest BCUT2D eigenvalue weighted by molar-refractivity contribution is 6.04. The highest BCUT2D eigenvalue weighted by Gasteiger charge is 2.12. The van der Waals surface area contributed by atoms with Crippen molar-refractivity contribution in [2.45, 2.75) is 13.5 Å². The Morgan fingerprint density at radius 1 is 0.966 bits per heavy atom. The molecule has 0 spiro atoms. The minimum atomic E-state index is -0.288. The van der Waals surface area contributed by atoms with Gasteiger partial charge in [-0.2, -0.15) is 0 Å². The van der Waals surface area contributed by atoms with E-state index < -0.39 is 0 Å². The second-order valence-electron chi connectivity index (χ2n) is 6.20. The maximum absolute atomic E-state index is 13.0. The van der Waals surface area contributed by atoms with E-state index in [4.69, 9.17) is 14.2 Å². The minimum Gasteiger partial charge on any atom is -0.493 e. The van der Waals surface area contributed by atoms with Crippen LogP contribution in [0.3, 0.4) is 0 Å². The zero-order valence-corrected chi connectivity index (χ0v) is 16.3. The van der Waals surface area contributed by atoms with Crippen molar-refractivity contribution in [3.05, 3.63) is 83.7 Å². The second-order valence-corrected chi connectivity index (χ2v) is 6.20. The summed E-state index contributed by atoms with van der Waals surface area (Å²) in [6, 6.07) is 18.2. The molecule has 0 aromatic heterocycles.